The van der Waals surface area contributed by atoms with Crippen molar-refractivity contribution in [1.29, 1.82) is 0 Å². The van der Waals surface area contributed by atoms with Gasteiger partial charge in [0.25, 0.3) is 0 Å². The van der Waals surface area contributed by atoms with Crippen molar-refractivity contribution in [2.75, 3.05) is 0 Å². The number of rotatable bonds is 2. The molecule has 0 amide bonds. The molecule has 0 saturated heterocycles. The van der Waals surface area contributed by atoms with E-state index in [1.165, 1.54) is 0 Å². The molecule has 0 unspecified atom stereocenters. The van der Waals surface area contributed by atoms with Crippen molar-refractivity contribution in [3.63, 3.8) is 0 Å². The minimum Gasteiger partial charge on any atom is -0.338 e. The van der Waals surface area contributed by atoms with E-state index >= 15 is 0 Å². The fourth-order valence-electron chi connectivity index (χ4n) is 0.638. The first-order chi connectivity index (χ1) is 4.74. The van der Waals surface area contributed by atoms with Gasteiger partial charge in [-0.1, -0.05) is 12.1 Å². The van der Waals surface area contributed by atoms with E-state index in [0.29, 0.717) is 11.7 Å². The highest BCUT2D eigenvalue weighted by atomic mass is 16.5. The van der Waals surface area contributed by atoms with Crippen molar-refractivity contribution in [1.82, 2.24) is 10.1 Å². The number of hydrogen-bond acceptors (Lipinski definition) is 4. The molecule has 4 nitrogen and oxygen atoms in total. The van der Waals surface area contributed by atoms with Crippen molar-refractivity contribution < 1.29 is 4.52 Å². The number of hydrogen-bond donors (Lipinski definition) is 1. The monoisotopic (exact) mass is 141 g/mol. The average Bonchev–Trinajstić information content (AvgIpc) is 2.34. The molecule has 0 aliphatic heterocycles. The Hall–Kier alpha value is -0.900. The van der Waals surface area contributed by atoms with Gasteiger partial charge in [0.15, 0.2) is 5.82 Å². The second kappa shape index (κ2) is 2.79. The number of nitrogens with two attached hydrogens (primary N) is 1. The Balaban J connectivity index is 2.74. The van der Waals surface area contributed by atoms with E-state index in [4.69, 9.17) is 10.3 Å². The summed E-state index contributed by atoms with van der Waals surface area (Å²) in [5.74, 6) is 1.17. The lowest BCUT2D eigenvalue weighted by atomic mass is 10.2. The van der Waals surface area contributed by atoms with Crippen LogP contribution in [0.2, 0.25) is 0 Å². The van der Waals surface area contributed by atoms with Gasteiger partial charge in [0.05, 0.1) is 6.04 Å². The van der Waals surface area contributed by atoms with Crippen molar-refractivity contribution in [3.8, 4) is 0 Å². The lowest BCUT2D eigenvalue weighted by molar-refractivity contribution is 0.349. The smallest absolute Gasteiger partial charge is 0.243 e. The second-order valence-electron chi connectivity index (χ2n) is 2.19. The molecule has 1 atom stereocenters. The van der Waals surface area contributed by atoms with E-state index in [1.807, 2.05) is 6.92 Å². The van der Waals surface area contributed by atoms with Gasteiger partial charge in [-0.05, 0) is 13.3 Å². The lowest BCUT2D eigenvalue weighted by Gasteiger charge is -1.98. The molecule has 1 aromatic heterocycles. The highest BCUT2D eigenvalue weighted by Gasteiger charge is 2.09. The third-order valence-corrected chi connectivity index (χ3v) is 1.30. The van der Waals surface area contributed by atoms with Gasteiger partial charge in [0, 0.05) is 0 Å². The molecule has 10 heavy (non-hydrogen) atoms. The summed E-state index contributed by atoms with van der Waals surface area (Å²) in [6.07, 6.45) is 0.821. The third kappa shape index (κ3) is 1.33. The zero-order chi connectivity index (χ0) is 7.56. The number of nitrogens with zero attached hydrogens (tertiary/aromatic N) is 2. The molecule has 1 heterocycles. The first-order valence-electron chi connectivity index (χ1n) is 3.29. The van der Waals surface area contributed by atoms with Crippen LogP contribution in [0.4, 0.5) is 0 Å². The Bertz CT molecular complexity index is 209. The van der Waals surface area contributed by atoms with Gasteiger partial charge in [0.2, 0.25) is 5.89 Å². The van der Waals surface area contributed by atoms with Crippen LogP contribution >= 0.6 is 0 Å². The van der Waals surface area contributed by atoms with E-state index in [0.717, 1.165) is 6.42 Å². The van der Waals surface area contributed by atoms with Gasteiger partial charge in [-0.25, -0.2) is 0 Å². The lowest BCUT2D eigenvalue weighted by Crippen LogP contribution is -2.08. The molecule has 0 aliphatic carbocycles. The van der Waals surface area contributed by atoms with E-state index in [9.17, 15) is 0 Å². The van der Waals surface area contributed by atoms with Crippen LogP contribution in [0.3, 0.4) is 0 Å². The van der Waals surface area contributed by atoms with Crippen molar-refractivity contribution >= 4 is 0 Å². The summed E-state index contributed by atoms with van der Waals surface area (Å²) < 4.78 is 4.83. The maximum Gasteiger partial charge on any atom is 0.243 e. The van der Waals surface area contributed by atoms with E-state index in [2.05, 4.69) is 10.1 Å². The molecule has 0 spiro atoms. The Kier molecular flexibility index (Phi) is 2.01. The van der Waals surface area contributed by atoms with E-state index in [-0.39, 0.29) is 6.04 Å². The number of aromatic nitrogens is 2. The van der Waals surface area contributed by atoms with Crippen molar-refractivity contribution in [2.24, 2.45) is 5.73 Å². The van der Waals surface area contributed by atoms with Crippen LogP contribution in [0, 0.1) is 6.92 Å². The Morgan fingerprint density at radius 3 is 2.80 bits per heavy atom. The molecule has 0 radical (unpaired) electrons. The molecule has 1 rings (SSSR count). The summed E-state index contributed by atoms with van der Waals surface area (Å²) in [6.45, 7) is 3.75. The molecule has 56 valence electrons. The topological polar surface area (TPSA) is 64.9 Å². The minimum atomic E-state index is -0.110. The maximum absolute atomic E-state index is 5.61. The predicted octanol–water partition coefficient (Wildman–Crippen LogP) is 0.788. The normalized spacial score (nSPS) is 13.5. The molecular formula is C6H11N3O. The Morgan fingerprint density at radius 2 is 2.40 bits per heavy atom. The van der Waals surface area contributed by atoms with Gasteiger partial charge in [-0.2, -0.15) is 4.98 Å². The zero-order valence-electron chi connectivity index (χ0n) is 6.16. The molecule has 1 aromatic rings. The Labute approximate surface area is 59.4 Å². The first kappa shape index (κ1) is 7.21. The molecule has 4 heteroatoms. The van der Waals surface area contributed by atoms with Crippen LogP contribution in [-0.4, -0.2) is 10.1 Å². The van der Waals surface area contributed by atoms with E-state index in [1.54, 1.807) is 6.92 Å². The minimum absolute atomic E-state index is 0.110. The van der Waals surface area contributed by atoms with Gasteiger partial charge in [-0.3, -0.25) is 0 Å². The van der Waals surface area contributed by atoms with Gasteiger partial charge in [0.1, 0.15) is 0 Å². The molecule has 0 fully saturated rings. The largest absolute Gasteiger partial charge is 0.338 e. The summed E-state index contributed by atoms with van der Waals surface area (Å²) in [7, 11) is 0. The van der Waals surface area contributed by atoms with Gasteiger partial charge in [-0.15, -0.1) is 0 Å². The molecule has 0 aromatic carbocycles. The highest BCUT2D eigenvalue weighted by molar-refractivity contribution is 4.88. The molecule has 0 bridgehead atoms. The summed E-state index contributed by atoms with van der Waals surface area (Å²) in [5, 5.41) is 3.62. The third-order valence-electron chi connectivity index (χ3n) is 1.30. The van der Waals surface area contributed by atoms with Crippen LogP contribution in [0.15, 0.2) is 4.52 Å². The molecular weight excluding hydrogens is 130 g/mol. The van der Waals surface area contributed by atoms with Crippen LogP contribution in [0.5, 0.6) is 0 Å². The molecule has 0 saturated carbocycles. The SMILES string of the molecule is CC[C@H](N)c1nc(C)no1. The van der Waals surface area contributed by atoms with Crippen molar-refractivity contribution in [2.45, 2.75) is 26.3 Å². The maximum atomic E-state index is 5.61. The highest BCUT2D eigenvalue weighted by Crippen LogP contribution is 2.09. The summed E-state index contributed by atoms with van der Waals surface area (Å²) >= 11 is 0. The quantitative estimate of drug-likeness (QED) is 0.661. The second-order valence-corrected chi connectivity index (χ2v) is 2.19. The summed E-state index contributed by atoms with van der Waals surface area (Å²) in [5.41, 5.74) is 5.61. The molecule has 2 N–H and O–H groups in total. The molecule has 0 aliphatic rings. The fourth-order valence-corrected chi connectivity index (χ4v) is 0.638. The van der Waals surface area contributed by atoms with Crippen molar-refractivity contribution in [3.05, 3.63) is 11.7 Å². The van der Waals surface area contributed by atoms with Gasteiger partial charge >= 0.3 is 0 Å². The summed E-state index contributed by atoms with van der Waals surface area (Å²) in [6, 6.07) is -0.110. The predicted molar refractivity (Wildman–Crippen MR) is 36.3 cm³/mol. The van der Waals surface area contributed by atoms with Crippen LogP contribution in [0.1, 0.15) is 31.1 Å². The number of aryl methyl sites for hydroxylation is 1. The first-order valence-corrected chi connectivity index (χ1v) is 3.29. The fraction of sp³-hybridized carbons (Fsp3) is 0.667. The van der Waals surface area contributed by atoms with Crippen LogP contribution in [0.25, 0.3) is 0 Å². The average molecular weight is 141 g/mol. The standard InChI is InChI=1S/C6H11N3O/c1-3-5(7)6-8-4(2)9-10-6/h5H,3,7H2,1-2H3/t5-/m0/s1. The van der Waals surface area contributed by atoms with Crippen LogP contribution in [-0.2, 0) is 0 Å². The Morgan fingerprint density at radius 1 is 1.70 bits per heavy atom. The zero-order valence-corrected chi connectivity index (χ0v) is 6.16. The van der Waals surface area contributed by atoms with E-state index < -0.39 is 0 Å². The van der Waals surface area contributed by atoms with Gasteiger partial charge < -0.3 is 10.3 Å². The van der Waals surface area contributed by atoms with Crippen LogP contribution < -0.4 is 5.73 Å². The summed E-state index contributed by atoms with van der Waals surface area (Å²) in [4.78, 5) is 3.98.